The van der Waals surface area contributed by atoms with Gasteiger partial charge >= 0.3 is 5.97 Å². The molecular formula is C12H21NO3. The van der Waals surface area contributed by atoms with E-state index >= 15 is 0 Å². The molecule has 0 bridgehead atoms. The van der Waals surface area contributed by atoms with E-state index in [0.717, 1.165) is 32.7 Å². The van der Waals surface area contributed by atoms with Crippen LogP contribution >= 0.6 is 0 Å². The number of carbonyl (C=O) groups excluding carboxylic acids is 1. The van der Waals surface area contributed by atoms with Crippen LogP contribution in [0.2, 0.25) is 0 Å². The highest BCUT2D eigenvalue weighted by atomic mass is 16.6. The number of nitrogens with zero attached hydrogens (tertiary/aromatic N) is 1. The van der Waals surface area contributed by atoms with Gasteiger partial charge in [0.1, 0.15) is 5.60 Å². The molecule has 4 heteroatoms. The summed E-state index contributed by atoms with van der Waals surface area (Å²) in [6, 6.07) is 0. The Morgan fingerprint density at radius 1 is 1.50 bits per heavy atom. The lowest BCUT2D eigenvalue weighted by atomic mass is 10.1. The van der Waals surface area contributed by atoms with Crippen LogP contribution in [0, 0.1) is 5.92 Å². The van der Waals surface area contributed by atoms with Crippen LogP contribution in [0.15, 0.2) is 0 Å². The monoisotopic (exact) mass is 227 g/mol. The van der Waals surface area contributed by atoms with Crippen LogP contribution in [-0.2, 0) is 14.3 Å². The zero-order valence-electron chi connectivity index (χ0n) is 10.4. The summed E-state index contributed by atoms with van der Waals surface area (Å²) in [5.74, 6) is 0.00434. The summed E-state index contributed by atoms with van der Waals surface area (Å²) in [5, 5.41) is 0. The van der Waals surface area contributed by atoms with E-state index in [1.807, 2.05) is 20.8 Å². The molecule has 2 atom stereocenters. The van der Waals surface area contributed by atoms with Gasteiger partial charge in [0.15, 0.2) is 0 Å². The summed E-state index contributed by atoms with van der Waals surface area (Å²) in [7, 11) is 0. The predicted molar refractivity (Wildman–Crippen MR) is 60.1 cm³/mol. The maximum absolute atomic E-state index is 11.8. The fourth-order valence-corrected chi connectivity index (χ4v) is 2.04. The Hall–Kier alpha value is -0.610. The largest absolute Gasteiger partial charge is 0.460 e. The van der Waals surface area contributed by atoms with Crippen molar-refractivity contribution in [1.82, 2.24) is 4.90 Å². The van der Waals surface area contributed by atoms with E-state index in [1.54, 1.807) is 0 Å². The molecule has 0 radical (unpaired) electrons. The molecule has 0 spiro atoms. The molecule has 2 saturated heterocycles. The Kier molecular flexibility index (Phi) is 3.22. The zero-order valence-corrected chi connectivity index (χ0v) is 10.4. The minimum Gasteiger partial charge on any atom is -0.460 e. The van der Waals surface area contributed by atoms with Crippen molar-refractivity contribution in [3.63, 3.8) is 0 Å². The molecule has 4 nitrogen and oxygen atoms in total. The minimum absolute atomic E-state index is 0.0493. The first-order chi connectivity index (χ1) is 7.44. The van der Waals surface area contributed by atoms with Gasteiger partial charge in [-0.15, -0.1) is 0 Å². The van der Waals surface area contributed by atoms with Gasteiger partial charge in [-0.1, -0.05) is 0 Å². The van der Waals surface area contributed by atoms with Gasteiger partial charge in [-0.3, -0.25) is 9.69 Å². The van der Waals surface area contributed by atoms with Crippen LogP contribution < -0.4 is 0 Å². The van der Waals surface area contributed by atoms with Crippen molar-refractivity contribution >= 4 is 5.97 Å². The molecule has 2 fully saturated rings. The van der Waals surface area contributed by atoms with Gasteiger partial charge in [-0.2, -0.15) is 0 Å². The second-order valence-electron chi connectivity index (χ2n) is 5.73. The van der Waals surface area contributed by atoms with Crippen LogP contribution in [0.25, 0.3) is 0 Å². The van der Waals surface area contributed by atoms with Crippen molar-refractivity contribution in [2.45, 2.75) is 38.9 Å². The van der Waals surface area contributed by atoms with E-state index in [-0.39, 0.29) is 17.5 Å². The Morgan fingerprint density at radius 2 is 2.19 bits per heavy atom. The number of carbonyl (C=O) groups is 1. The van der Waals surface area contributed by atoms with E-state index in [4.69, 9.17) is 9.47 Å². The molecule has 0 aromatic carbocycles. The van der Waals surface area contributed by atoms with Gasteiger partial charge in [-0.05, 0) is 33.7 Å². The molecule has 0 amide bonds. The molecule has 16 heavy (non-hydrogen) atoms. The molecular weight excluding hydrogens is 206 g/mol. The third kappa shape index (κ3) is 3.46. The lowest BCUT2D eigenvalue weighted by Gasteiger charge is -2.22. The lowest BCUT2D eigenvalue weighted by molar-refractivity contribution is -0.159. The number of rotatable bonds is 3. The second kappa shape index (κ2) is 4.34. The van der Waals surface area contributed by atoms with Crippen molar-refractivity contribution in [3.05, 3.63) is 0 Å². The maximum atomic E-state index is 11.8. The third-order valence-corrected chi connectivity index (χ3v) is 2.88. The molecule has 92 valence electrons. The fraction of sp³-hybridized carbons (Fsp3) is 0.917. The van der Waals surface area contributed by atoms with Gasteiger partial charge in [0, 0.05) is 13.1 Å². The van der Waals surface area contributed by atoms with Crippen molar-refractivity contribution in [1.29, 1.82) is 0 Å². The number of esters is 1. The Morgan fingerprint density at radius 3 is 2.75 bits per heavy atom. The van der Waals surface area contributed by atoms with Crippen LogP contribution in [-0.4, -0.2) is 48.8 Å². The SMILES string of the molecule is CC(C)(C)OC(=O)[C@H]1CCN(C[C@H]2CO2)C1. The molecule has 0 aliphatic carbocycles. The van der Waals surface area contributed by atoms with Crippen LogP contribution in [0.4, 0.5) is 0 Å². The highest BCUT2D eigenvalue weighted by Gasteiger charge is 2.34. The van der Waals surface area contributed by atoms with E-state index in [2.05, 4.69) is 4.90 Å². The first-order valence-electron chi connectivity index (χ1n) is 6.01. The molecule has 0 aromatic heterocycles. The number of likely N-dealkylation sites (tertiary alicyclic amines) is 1. The molecule has 0 unspecified atom stereocenters. The molecule has 2 aliphatic rings. The van der Waals surface area contributed by atoms with E-state index in [0.29, 0.717) is 6.10 Å². The number of hydrogen-bond acceptors (Lipinski definition) is 4. The zero-order chi connectivity index (χ0) is 11.8. The topological polar surface area (TPSA) is 42.1 Å². The van der Waals surface area contributed by atoms with Crippen molar-refractivity contribution < 1.29 is 14.3 Å². The van der Waals surface area contributed by atoms with Gasteiger partial charge in [-0.25, -0.2) is 0 Å². The molecule has 0 saturated carbocycles. The maximum Gasteiger partial charge on any atom is 0.310 e. The van der Waals surface area contributed by atoms with E-state index in [1.165, 1.54) is 0 Å². The number of ether oxygens (including phenoxy) is 2. The standard InChI is InChI=1S/C12H21NO3/c1-12(2,3)16-11(14)9-4-5-13(6-9)7-10-8-15-10/h9-10H,4-8H2,1-3H3/t9-,10-/m0/s1. The summed E-state index contributed by atoms with van der Waals surface area (Å²) in [4.78, 5) is 14.1. The smallest absolute Gasteiger partial charge is 0.310 e. The first-order valence-corrected chi connectivity index (χ1v) is 6.01. The molecule has 0 aromatic rings. The highest BCUT2D eigenvalue weighted by Crippen LogP contribution is 2.22. The molecule has 0 N–H and O–H groups in total. The Labute approximate surface area is 96.9 Å². The molecule has 2 heterocycles. The van der Waals surface area contributed by atoms with Crippen molar-refractivity contribution in [2.75, 3.05) is 26.2 Å². The summed E-state index contributed by atoms with van der Waals surface area (Å²) in [6.45, 7) is 9.41. The van der Waals surface area contributed by atoms with Crippen LogP contribution in [0.3, 0.4) is 0 Å². The quantitative estimate of drug-likeness (QED) is 0.534. The van der Waals surface area contributed by atoms with Gasteiger partial charge < -0.3 is 9.47 Å². The summed E-state index contributed by atoms with van der Waals surface area (Å²) >= 11 is 0. The summed E-state index contributed by atoms with van der Waals surface area (Å²) < 4.78 is 10.6. The number of hydrogen-bond donors (Lipinski definition) is 0. The molecule has 2 aliphatic heterocycles. The van der Waals surface area contributed by atoms with Crippen LogP contribution in [0.5, 0.6) is 0 Å². The summed E-state index contributed by atoms with van der Waals surface area (Å²) in [5.41, 5.74) is -0.371. The summed E-state index contributed by atoms with van der Waals surface area (Å²) in [6.07, 6.45) is 1.33. The molecule has 2 rings (SSSR count). The average Bonchev–Trinajstić information content (AvgIpc) is 2.78. The van der Waals surface area contributed by atoms with Gasteiger partial charge in [0.25, 0.3) is 0 Å². The van der Waals surface area contributed by atoms with Crippen molar-refractivity contribution in [3.8, 4) is 0 Å². The predicted octanol–water partition coefficient (Wildman–Crippen LogP) is 1.05. The van der Waals surface area contributed by atoms with E-state index in [9.17, 15) is 4.79 Å². The van der Waals surface area contributed by atoms with Gasteiger partial charge in [0.05, 0.1) is 18.6 Å². The van der Waals surface area contributed by atoms with Gasteiger partial charge in [0.2, 0.25) is 0 Å². The minimum atomic E-state index is -0.371. The normalized spacial score (nSPS) is 30.4. The first kappa shape index (κ1) is 11.9. The third-order valence-electron chi connectivity index (χ3n) is 2.88. The lowest BCUT2D eigenvalue weighted by Crippen LogP contribution is -2.31. The van der Waals surface area contributed by atoms with Crippen molar-refractivity contribution in [2.24, 2.45) is 5.92 Å². The highest BCUT2D eigenvalue weighted by molar-refractivity contribution is 5.73. The Balaban J connectivity index is 1.76. The average molecular weight is 227 g/mol. The number of epoxide rings is 1. The Bertz CT molecular complexity index is 268. The second-order valence-corrected chi connectivity index (χ2v) is 5.73. The van der Waals surface area contributed by atoms with E-state index < -0.39 is 0 Å². The fourth-order valence-electron chi connectivity index (χ4n) is 2.04. The van der Waals surface area contributed by atoms with Crippen LogP contribution in [0.1, 0.15) is 27.2 Å².